The highest BCUT2D eigenvalue weighted by molar-refractivity contribution is 6.32. The number of nitrogens with zero attached hydrogens (tertiary/aromatic N) is 1. The lowest BCUT2D eigenvalue weighted by Gasteiger charge is -2.28. The van der Waals surface area contributed by atoms with E-state index < -0.39 is 0 Å². The van der Waals surface area contributed by atoms with E-state index in [4.69, 9.17) is 11.6 Å². The summed E-state index contributed by atoms with van der Waals surface area (Å²) in [6, 6.07) is 10.5. The number of phenolic OH excluding ortho intramolecular Hbond substituents is 1. The van der Waals surface area contributed by atoms with Gasteiger partial charge in [-0.25, -0.2) is 0 Å². The summed E-state index contributed by atoms with van der Waals surface area (Å²) in [6.07, 6.45) is 1.13. The lowest BCUT2D eigenvalue weighted by atomic mass is 9.82. The first-order valence-electron chi connectivity index (χ1n) is 10.1. The van der Waals surface area contributed by atoms with E-state index in [2.05, 4.69) is 20.8 Å². The van der Waals surface area contributed by atoms with Crippen LogP contribution in [-0.2, 0) is 16.0 Å². The number of anilines is 1. The van der Waals surface area contributed by atoms with Crippen LogP contribution in [-0.4, -0.2) is 27.1 Å². The number of rotatable bonds is 5. The van der Waals surface area contributed by atoms with Gasteiger partial charge in [0.05, 0.1) is 17.0 Å². The number of benzene rings is 2. The van der Waals surface area contributed by atoms with Crippen LogP contribution < -0.4 is 10.6 Å². The summed E-state index contributed by atoms with van der Waals surface area (Å²) in [5, 5.41) is 24.3. The number of halogens is 1. The van der Waals surface area contributed by atoms with Gasteiger partial charge in [0, 0.05) is 34.8 Å². The summed E-state index contributed by atoms with van der Waals surface area (Å²) < 4.78 is 0. The molecule has 3 aromatic rings. The molecule has 0 bridgehead atoms. The maximum atomic E-state index is 12.9. The Hall–Kier alpha value is -3.32. The average Bonchev–Trinajstić information content (AvgIpc) is 3.14. The Morgan fingerprint density at radius 1 is 1.29 bits per heavy atom. The number of H-pyrrole nitrogens is 1. The molecule has 0 aliphatic carbocycles. The second-order valence-corrected chi connectivity index (χ2v) is 8.09. The second kappa shape index (κ2) is 8.43. The number of fused-ring (bicyclic) bond motifs is 1. The van der Waals surface area contributed by atoms with Crippen molar-refractivity contribution in [3.63, 3.8) is 0 Å². The molecular weight excluding hydrogens is 416 g/mol. The van der Waals surface area contributed by atoms with Crippen molar-refractivity contribution in [2.24, 2.45) is 0 Å². The van der Waals surface area contributed by atoms with Crippen LogP contribution in [0.1, 0.15) is 43.9 Å². The molecule has 0 saturated heterocycles. The fourth-order valence-electron chi connectivity index (χ4n) is 4.02. The molecule has 0 fully saturated rings. The molecule has 0 spiro atoms. The third-order valence-corrected chi connectivity index (χ3v) is 5.93. The van der Waals surface area contributed by atoms with Gasteiger partial charge in [0.1, 0.15) is 5.75 Å². The summed E-state index contributed by atoms with van der Waals surface area (Å²) in [7, 11) is 0. The zero-order valence-corrected chi connectivity index (χ0v) is 18.0. The first-order valence-corrected chi connectivity index (χ1v) is 10.5. The van der Waals surface area contributed by atoms with E-state index in [1.54, 1.807) is 25.1 Å². The van der Waals surface area contributed by atoms with Crippen LogP contribution in [0.2, 0.25) is 5.02 Å². The SMILES string of the molecule is CCc1[nH]nc2ccc(NC(=O)CC3=C(C)NC(=O)CC3c3ccc(Cl)c(O)c3)cc12. The van der Waals surface area contributed by atoms with E-state index in [-0.39, 0.29) is 41.3 Å². The largest absolute Gasteiger partial charge is 0.506 e. The molecule has 31 heavy (non-hydrogen) atoms. The number of aromatic amines is 1. The monoisotopic (exact) mass is 438 g/mol. The summed E-state index contributed by atoms with van der Waals surface area (Å²) in [5.74, 6) is -0.675. The van der Waals surface area contributed by atoms with Gasteiger partial charge in [0.25, 0.3) is 0 Å². The fraction of sp³-hybridized carbons (Fsp3) is 0.261. The van der Waals surface area contributed by atoms with Gasteiger partial charge in [-0.2, -0.15) is 5.10 Å². The number of nitrogens with one attached hydrogen (secondary N) is 3. The van der Waals surface area contributed by atoms with Crippen molar-refractivity contribution in [3.8, 4) is 5.75 Å². The number of amides is 2. The molecule has 4 N–H and O–H groups in total. The highest BCUT2D eigenvalue weighted by atomic mass is 35.5. The molecule has 7 nitrogen and oxygen atoms in total. The van der Waals surface area contributed by atoms with Gasteiger partial charge in [0.15, 0.2) is 0 Å². The van der Waals surface area contributed by atoms with Crippen LogP contribution in [0.5, 0.6) is 5.75 Å². The number of aromatic hydroxyl groups is 1. The van der Waals surface area contributed by atoms with Gasteiger partial charge in [-0.3, -0.25) is 14.7 Å². The predicted octanol–water partition coefficient (Wildman–Crippen LogP) is 4.39. The van der Waals surface area contributed by atoms with Crippen molar-refractivity contribution in [1.82, 2.24) is 15.5 Å². The molecule has 160 valence electrons. The van der Waals surface area contributed by atoms with Crippen molar-refractivity contribution in [2.75, 3.05) is 5.32 Å². The van der Waals surface area contributed by atoms with Crippen LogP contribution in [0.15, 0.2) is 47.7 Å². The minimum atomic E-state index is -0.314. The second-order valence-electron chi connectivity index (χ2n) is 7.68. The third-order valence-electron chi connectivity index (χ3n) is 5.61. The van der Waals surface area contributed by atoms with E-state index in [9.17, 15) is 14.7 Å². The van der Waals surface area contributed by atoms with Gasteiger partial charge in [-0.1, -0.05) is 24.6 Å². The normalized spacial score (nSPS) is 16.5. The van der Waals surface area contributed by atoms with Gasteiger partial charge < -0.3 is 15.7 Å². The number of carbonyl (C=O) groups is 2. The van der Waals surface area contributed by atoms with Crippen molar-refractivity contribution in [2.45, 2.75) is 39.0 Å². The molecule has 1 atom stereocenters. The van der Waals surface area contributed by atoms with Crippen molar-refractivity contribution in [1.29, 1.82) is 0 Å². The quantitative estimate of drug-likeness (QED) is 0.473. The first kappa shape index (κ1) is 20.9. The van der Waals surface area contributed by atoms with Crippen LogP contribution in [0.25, 0.3) is 10.9 Å². The van der Waals surface area contributed by atoms with E-state index >= 15 is 0 Å². The summed E-state index contributed by atoms with van der Waals surface area (Å²) in [4.78, 5) is 25.0. The Balaban J connectivity index is 1.58. The van der Waals surface area contributed by atoms with Gasteiger partial charge in [-0.05, 0) is 54.8 Å². The molecule has 2 heterocycles. The highest BCUT2D eigenvalue weighted by Crippen LogP contribution is 2.37. The average molecular weight is 439 g/mol. The van der Waals surface area contributed by atoms with E-state index in [0.29, 0.717) is 11.4 Å². The van der Waals surface area contributed by atoms with E-state index in [0.717, 1.165) is 34.2 Å². The minimum absolute atomic E-state index is 0.0493. The molecule has 2 aromatic carbocycles. The number of allylic oxidation sites excluding steroid dienone is 1. The minimum Gasteiger partial charge on any atom is -0.506 e. The van der Waals surface area contributed by atoms with Gasteiger partial charge >= 0.3 is 0 Å². The van der Waals surface area contributed by atoms with Crippen LogP contribution in [0.3, 0.4) is 0 Å². The van der Waals surface area contributed by atoms with Gasteiger partial charge in [0.2, 0.25) is 11.8 Å². The van der Waals surface area contributed by atoms with Crippen molar-refractivity contribution >= 4 is 40.0 Å². The number of hydrogen-bond acceptors (Lipinski definition) is 4. The fourth-order valence-corrected chi connectivity index (χ4v) is 4.14. The Morgan fingerprint density at radius 2 is 2.10 bits per heavy atom. The number of carbonyl (C=O) groups excluding carboxylic acids is 2. The molecule has 1 aliphatic rings. The summed E-state index contributed by atoms with van der Waals surface area (Å²) in [6.45, 7) is 3.83. The standard InChI is InChI=1S/C23H23ClN4O3/c1-3-19-17-9-14(5-7-20(17)28-27-19)26-23(31)10-15-12(2)25-22(30)11-16(15)13-4-6-18(24)21(29)8-13/h4-9,16,29H,3,10-11H2,1-2H3,(H,25,30)(H,26,31)(H,27,28). The molecular formula is C23H23ClN4O3. The summed E-state index contributed by atoms with van der Waals surface area (Å²) >= 11 is 5.93. The van der Waals surface area contributed by atoms with Crippen molar-refractivity contribution in [3.05, 3.63) is 63.9 Å². The first-order chi connectivity index (χ1) is 14.9. The van der Waals surface area contributed by atoms with Crippen LogP contribution in [0, 0.1) is 0 Å². The Morgan fingerprint density at radius 3 is 2.84 bits per heavy atom. The van der Waals surface area contributed by atoms with Crippen LogP contribution >= 0.6 is 11.6 Å². The number of phenols is 1. The molecule has 2 amide bonds. The molecule has 1 aromatic heterocycles. The molecule has 0 radical (unpaired) electrons. The number of aryl methyl sites for hydroxylation is 1. The highest BCUT2D eigenvalue weighted by Gasteiger charge is 2.29. The molecule has 1 unspecified atom stereocenters. The van der Waals surface area contributed by atoms with Gasteiger partial charge in [-0.15, -0.1) is 0 Å². The topological polar surface area (TPSA) is 107 Å². The maximum Gasteiger partial charge on any atom is 0.228 e. The lowest BCUT2D eigenvalue weighted by molar-refractivity contribution is -0.121. The molecule has 8 heteroatoms. The van der Waals surface area contributed by atoms with Crippen LogP contribution in [0.4, 0.5) is 5.69 Å². The maximum absolute atomic E-state index is 12.9. The molecule has 0 saturated carbocycles. The molecule has 1 aliphatic heterocycles. The molecule has 4 rings (SSSR count). The van der Waals surface area contributed by atoms with Crippen molar-refractivity contribution < 1.29 is 14.7 Å². The van der Waals surface area contributed by atoms with E-state index in [1.807, 2.05) is 25.1 Å². The zero-order chi connectivity index (χ0) is 22.1. The van der Waals surface area contributed by atoms with E-state index in [1.165, 1.54) is 0 Å². The number of hydrogen-bond donors (Lipinski definition) is 4. The zero-order valence-electron chi connectivity index (χ0n) is 17.3. The Kier molecular flexibility index (Phi) is 5.69. The Bertz CT molecular complexity index is 1210. The lowest BCUT2D eigenvalue weighted by Crippen LogP contribution is -2.32. The number of aromatic nitrogens is 2. The third kappa shape index (κ3) is 4.27. The smallest absolute Gasteiger partial charge is 0.228 e. The Labute approximate surface area is 184 Å². The summed E-state index contributed by atoms with van der Waals surface area (Å²) in [5.41, 5.74) is 4.76. The predicted molar refractivity (Wildman–Crippen MR) is 120 cm³/mol.